The number of anilines is 1. The molecule has 2 aromatic carbocycles. The average Bonchev–Trinajstić information content (AvgIpc) is 3.36. The second-order valence-electron chi connectivity index (χ2n) is 6.79. The molecule has 8 heteroatoms. The maximum atomic E-state index is 12.9. The number of H-pyrrole nitrogens is 1. The molecule has 0 radical (unpaired) electrons. The predicted octanol–water partition coefficient (Wildman–Crippen LogP) is 3.52. The van der Waals surface area contributed by atoms with E-state index in [1.54, 1.807) is 42.6 Å². The Labute approximate surface area is 176 Å². The van der Waals surface area contributed by atoms with Crippen molar-refractivity contribution in [3.63, 3.8) is 0 Å². The van der Waals surface area contributed by atoms with Crippen LogP contribution < -0.4 is 5.32 Å². The molecule has 4 rings (SSSR count). The molecule has 7 nitrogen and oxygen atoms in total. The van der Waals surface area contributed by atoms with E-state index in [0.29, 0.717) is 10.7 Å². The Bertz CT molecular complexity index is 1150. The number of benzene rings is 2. The van der Waals surface area contributed by atoms with Crippen molar-refractivity contribution in [1.29, 1.82) is 0 Å². The van der Waals surface area contributed by atoms with Gasteiger partial charge in [0.15, 0.2) is 0 Å². The number of rotatable bonds is 5. The lowest BCUT2D eigenvalue weighted by Crippen LogP contribution is -2.45. The molecule has 1 aliphatic rings. The first kappa shape index (κ1) is 19.6. The van der Waals surface area contributed by atoms with Crippen molar-refractivity contribution >= 4 is 40.8 Å². The average molecular weight is 422 g/mol. The number of carbonyl (C=O) groups excluding carboxylic acids is 4. The van der Waals surface area contributed by atoms with Crippen LogP contribution in [0.2, 0.25) is 5.02 Å². The van der Waals surface area contributed by atoms with Crippen LogP contribution in [0.4, 0.5) is 5.69 Å². The molecule has 2 heterocycles. The number of hydrogen-bond acceptors (Lipinski definition) is 4. The molecular weight excluding hydrogens is 406 g/mol. The third kappa shape index (κ3) is 3.29. The first-order chi connectivity index (χ1) is 14.4. The number of aromatic nitrogens is 1. The quantitative estimate of drug-likeness (QED) is 0.486. The van der Waals surface area contributed by atoms with Gasteiger partial charge in [-0.2, -0.15) is 0 Å². The van der Waals surface area contributed by atoms with E-state index in [4.69, 9.17) is 11.6 Å². The van der Waals surface area contributed by atoms with Crippen molar-refractivity contribution in [1.82, 2.24) is 9.88 Å². The van der Waals surface area contributed by atoms with Gasteiger partial charge in [0.05, 0.1) is 22.5 Å². The zero-order chi connectivity index (χ0) is 21.4. The fourth-order valence-corrected chi connectivity index (χ4v) is 3.52. The highest BCUT2D eigenvalue weighted by Gasteiger charge is 2.40. The SMILES string of the molecule is C[C@@H](C(=O)Nc1ccc(Cl)cc1C(=O)c1ccc[nH]1)N1C(=O)c2ccccc2C1=O. The Hall–Kier alpha value is -3.71. The van der Waals surface area contributed by atoms with Crippen LogP contribution >= 0.6 is 11.6 Å². The van der Waals surface area contributed by atoms with E-state index in [0.717, 1.165) is 4.90 Å². The monoisotopic (exact) mass is 421 g/mol. The van der Waals surface area contributed by atoms with E-state index in [1.165, 1.54) is 25.1 Å². The summed E-state index contributed by atoms with van der Waals surface area (Å²) in [6.07, 6.45) is 1.61. The van der Waals surface area contributed by atoms with Gasteiger partial charge in [-0.1, -0.05) is 23.7 Å². The first-order valence-corrected chi connectivity index (χ1v) is 9.51. The van der Waals surface area contributed by atoms with Gasteiger partial charge in [0, 0.05) is 16.8 Å². The van der Waals surface area contributed by atoms with Gasteiger partial charge in [-0.3, -0.25) is 24.1 Å². The van der Waals surface area contributed by atoms with Crippen LogP contribution in [0.5, 0.6) is 0 Å². The number of fused-ring (bicyclic) bond motifs is 1. The molecule has 0 saturated carbocycles. The molecule has 0 saturated heterocycles. The largest absolute Gasteiger partial charge is 0.359 e. The summed E-state index contributed by atoms with van der Waals surface area (Å²) in [6, 6.07) is 13.1. The molecule has 0 aliphatic carbocycles. The molecule has 2 N–H and O–H groups in total. The van der Waals surface area contributed by atoms with E-state index < -0.39 is 23.8 Å². The van der Waals surface area contributed by atoms with Crippen molar-refractivity contribution in [2.45, 2.75) is 13.0 Å². The number of imide groups is 1. The van der Waals surface area contributed by atoms with Crippen LogP contribution in [0.3, 0.4) is 0 Å². The number of aromatic amines is 1. The molecule has 1 aliphatic heterocycles. The van der Waals surface area contributed by atoms with Gasteiger partial charge in [0.2, 0.25) is 11.7 Å². The minimum atomic E-state index is -1.08. The Balaban J connectivity index is 1.60. The zero-order valence-corrected chi connectivity index (χ0v) is 16.6. The van der Waals surface area contributed by atoms with Crippen LogP contribution in [0.15, 0.2) is 60.8 Å². The highest BCUT2D eigenvalue weighted by molar-refractivity contribution is 6.31. The predicted molar refractivity (Wildman–Crippen MR) is 111 cm³/mol. The van der Waals surface area contributed by atoms with E-state index in [2.05, 4.69) is 10.3 Å². The summed E-state index contributed by atoms with van der Waals surface area (Å²) in [5.74, 6) is -2.02. The van der Waals surface area contributed by atoms with Gasteiger partial charge in [0.1, 0.15) is 6.04 Å². The van der Waals surface area contributed by atoms with E-state index >= 15 is 0 Å². The first-order valence-electron chi connectivity index (χ1n) is 9.14. The summed E-state index contributed by atoms with van der Waals surface area (Å²) in [4.78, 5) is 54.7. The maximum Gasteiger partial charge on any atom is 0.262 e. The number of halogens is 1. The summed E-state index contributed by atoms with van der Waals surface area (Å²) in [5.41, 5.74) is 1.27. The lowest BCUT2D eigenvalue weighted by atomic mass is 10.1. The molecule has 1 atom stereocenters. The second kappa shape index (κ2) is 7.61. The number of nitrogens with zero attached hydrogens (tertiary/aromatic N) is 1. The standard InChI is InChI=1S/C22H16ClN3O4/c1-12(26-21(29)14-5-2-3-6-15(14)22(26)30)20(28)25-17-9-8-13(23)11-16(17)19(27)18-7-4-10-24-18/h2-12,24H,1H3,(H,25,28)/t12-/m0/s1. The Morgan fingerprint density at radius 3 is 2.27 bits per heavy atom. The molecule has 0 spiro atoms. The van der Waals surface area contributed by atoms with Gasteiger partial charge in [0.25, 0.3) is 11.8 Å². The lowest BCUT2D eigenvalue weighted by molar-refractivity contribution is -0.119. The molecular formula is C22H16ClN3O4. The highest BCUT2D eigenvalue weighted by Crippen LogP contribution is 2.27. The van der Waals surface area contributed by atoms with Gasteiger partial charge in [-0.25, -0.2) is 0 Å². The number of ketones is 1. The number of hydrogen-bond donors (Lipinski definition) is 2. The van der Waals surface area contributed by atoms with Crippen molar-refractivity contribution in [3.05, 3.63) is 88.2 Å². The number of nitrogens with one attached hydrogen (secondary N) is 2. The third-order valence-electron chi connectivity index (χ3n) is 4.92. The Morgan fingerprint density at radius 1 is 1.00 bits per heavy atom. The molecule has 0 bridgehead atoms. The fraction of sp³-hybridized carbons (Fsp3) is 0.0909. The lowest BCUT2D eigenvalue weighted by Gasteiger charge is -2.22. The summed E-state index contributed by atoms with van der Waals surface area (Å²) < 4.78 is 0. The second-order valence-corrected chi connectivity index (χ2v) is 7.23. The molecule has 0 fully saturated rings. The van der Waals surface area contributed by atoms with Crippen LogP contribution in [0.25, 0.3) is 0 Å². The van der Waals surface area contributed by atoms with Crippen molar-refractivity contribution in [2.75, 3.05) is 5.32 Å². The van der Waals surface area contributed by atoms with Crippen LogP contribution in [0.1, 0.15) is 43.7 Å². The molecule has 3 aromatic rings. The molecule has 1 aromatic heterocycles. The topological polar surface area (TPSA) is 99.3 Å². The smallest absolute Gasteiger partial charge is 0.262 e. The van der Waals surface area contributed by atoms with Gasteiger partial charge < -0.3 is 10.3 Å². The van der Waals surface area contributed by atoms with Crippen LogP contribution in [-0.2, 0) is 4.79 Å². The number of amides is 3. The van der Waals surface area contributed by atoms with Crippen molar-refractivity contribution in [3.8, 4) is 0 Å². The molecule has 0 unspecified atom stereocenters. The summed E-state index contributed by atoms with van der Waals surface area (Å²) >= 11 is 6.04. The van der Waals surface area contributed by atoms with Crippen molar-refractivity contribution < 1.29 is 19.2 Å². The summed E-state index contributed by atoms with van der Waals surface area (Å²) in [6.45, 7) is 1.46. The van der Waals surface area contributed by atoms with Crippen LogP contribution in [0, 0.1) is 0 Å². The molecule has 150 valence electrons. The van der Waals surface area contributed by atoms with Crippen LogP contribution in [-0.4, -0.2) is 39.4 Å². The highest BCUT2D eigenvalue weighted by atomic mass is 35.5. The van der Waals surface area contributed by atoms with Gasteiger partial charge in [-0.05, 0) is 49.4 Å². The maximum absolute atomic E-state index is 12.9. The van der Waals surface area contributed by atoms with E-state index in [-0.39, 0.29) is 28.2 Å². The van der Waals surface area contributed by atoms with Crippen molar-refractivity contribution in [2.24, 2.45) is 0 Å². The normalized spacial score (nSPS) is 13.9. The Kier molecular flexibility index (Phi) is 4.97. The minimum Gasteiger partial charge on any atom is -0.359 e. The fourth-order valence-electron chi connectivity index (χ4n) is 3.34. The zero-order valence-electron chi connectivity index (χ0n) is 15.8. The summed E-state index contributed by atoms with van der Waals surface area (Å²) in [5, 5.41) is 2.98. The third-order valence-corrected chi connectivity index (χ3v) is 5.15. The minimum absolute atomic E-state index is 0.188. The van der Waals surface area contributed by atoms with Gasteiger partial charge >= 0.3 is 0 Å². The Morgan fingerprint density at radius 2 is 1.67 bits per heavy atom. The molecule has 3 amide bonds. The summed E-state index contributed by atoms with van der Waals surface area (Å²) in [7, 11) is 0. The van der Waals surface area contributed by atoms with E-state index in [1.807, 2.05) is 0 Å². The van der Waals surface area contributed by atoms with Gasteiger partial charge in [-0.15, -0.1) is 0 Å². The molecule has 30 heavy (non-hydrogen) atoms. The number of carbonyl (C=O) groups is 4. The van der Waals surface area contributed by atoms with E-state index in [9.17, 15) is 19.2 Å².